The molecule has 0 spiro atoms. The number of rotatable bonds is 13. The van der Waals surface area contributed by atoms with E-state index in [0.717, 1.165) is 11.8 Å². The summed E-state index contributed by atoms with van der Waals surface area (Å²) in [6.07, 6.45) is 1.97. The van der Waals surface area contributed by atoms with Gasteiger partial charge in [0.2, 0.25) is 21.8 Å². The van der Waals surface area contributed by atoms with Gasteiger partial charge in [-0.25, -0.2) is 8.42 Å². The van der Waals surface area contributed by atoms with Gasteiger partial charge in [0.1, 0.15) is 11.8 Å². The van der Waals surface area contributed by atoms with Crippen LogP contribution in [-0.4, -0.2) is 57.6 Å². The highest BCUT2D eigenvalue weighted by Crippen LogP contribution is 2.22. The Hall–Kier alpha value is -2.78. The third kappa shape index (κ3) is 8.43. The maximum atomic E-state index is 13.3. The van der Waals surface area contributed by atoms with Crippen LogP contribution in [0.15, 0.2) is 48.5 Å². The zero-order valence-corrected chi connectivity index (χ0v) is 22.2. The van der Waals surface area contributed by atoms with Crippen molar-refractivity contribution in [3.63, 3.8) is 0 Å². The lowest BCUT2D eigenvalue weighted by Gasteiger charge is -2.31. The average molecular weight is 524 g/mol. The monoisotopic (exact) mass is 523 g/mol. The molecule has 0 aliphatic heterocycles. The molecule has 0 bridgehead atoms. The molecule has 0 aromatic heterocycles. The molecule has 0 unspecified atom stereocenters. The summed E-state index contributed by atoms with van der Waals surface area (Å²) in [5.41, 5.74) is 1.34. The lowest BCUT2D eigenvalue weighted by atomic mass is 10.1. The second kappa shape index (κ2) is 13.3. The highest BCUT2D eigenvalue weighted by molar-refractivity contribution is 7.92. The van der Waals surface area contributed by atoms with Crippen molar-refractivity contribution >= 4 is 39.1 Å². The molecule has 0 heterocycles. The van der Waals surface area contributed by atoms with E-state index < -0.39 is 16.1 Å². The number of likely N-dealkylation sites (N-methyl/N-ethyl adjacent to an activating group) is 1. The van der Waals surface area contributed by atoms with Gasteiger partial charge in [-0.3, -0.25) is 13.9 Å². The van der Waals surface area contributed by atoms with Crippen LogP contribution in [0.25, 0.3) is 0 Å². The Balaban J connectivity index is 2.18. The van der Waals surface area contributed by atoms with Crippen LogP contribution in [0.5, 0.6) is 5.75 Å². The number of methoxy groups -OCH3 is 1. The summed E-state index contributed by atoms with van der Waals surface area (Å²) in [6, 6.07) is 13.2. The van der Waals surface area contributed by atoms with Crippen LogP contribution in [0.3, 0.4) is 0 Å². The van der Waals surface area contributed by atoms with E-state index in [1.807, 2.05) is 26.0 Å². The fourth-order valence-electron chi connectivity index (χ4n) is 3.75. The average Bonchev–Trinajstić information content (AvgIpc) is 2.82. The minimum Gasteiger partial charge on any atom is -0.497 e. The number of halogens is 1. The molecule has 192 valence electrons. The molecular formula is C25H34ClN3O5S. The van der Waals surface area contributed by atoms with E-state index in [-0.39, 0.29) is 31.3 Å². The summed E-state index contributed by atoms with van der Waals surface area (Å²) in [4.78, 5) is 27.6. The van der Waals surface area contributed by atoms with Gasteiger partial charge in [-0.1, -0.05) is 30.7 Å². The third-order valence-corrected chi connectivity index (χ3v) is 6.96. The van der Waals surface area contributed by atoms with E-state index in [4.69, 9.17) is 16.3 Å². The molecule has 8 nitrogen and oxygen atoms in total. The van der Waals surface area contributed by atoms with Gasteiger partial charge in [0, 0.05) is 31.1 Å². The van der Waals surface area contributed by atoms with Crippen LogP contribution in [0.4, 0.5) is 5.69 Å². The van der Waals surface area contributed by atoms with Crippen molar-refractivity contribution in [3.8, 4) is 5.75 Å². The number of anilines is 1. The van der Waals surface area contributed by atoms with E-state index in [9.17, 15) is 18.0 Å². The smallest absolute Gasteiger partial charge is 0.242 e. The summed E-state index contributed by atoms with van der Waals surface area (Å²) in [7, 11) is -2.02. The number of hydrogen-bond acceptors (Lipinski definition) is 5. The first-order valence-electron chi connectivity index (χ1n) is 11.5. The largest absolute Gasteiger partial charge is 0.497 e. The first-order chi connectivity index (χ1) is 16.6. The maximum Gasteiger partial charge on any atom is 0.242 e. The normalized spacial score (nSPS) is 12.0. The van der Waals surface area contributed by atoms with Gasteiger partial charge < -0.3 is 15.0 Å². The minimum atomic E-state index is -3.56. The number of hydrogen-bond donors (Lipinski definition) is 1. The number of ether oxygens (including phenoxy) is 1. The first-order valence-corrected chi connectivity index (χ1v) is 13.8. The maximum absolute atomic E-state index is 13.3. The van der Waals surface area contributed by atoms with Gasteiger partial charge in [0.15, 0.2) is 0 Å². The first kappa shape index (κ1) is 28.5. The van der Waals surface area contributed by atoms with E-state index in [2.05, 4.69) is 5.32 Å². The molecule has 2 amide bonds. The van der Waals surface area contributed by atoms with Crippen LogP contribution >= 0.6 is 11.6 Å². The molecule has 10 heteroatoms. The molecule has 0 saturated carbocycles. The molecule has 2 rings (SSSR count). The number of sulfonamides is 1. The number of amides is 2. The SMILES string of the molecule is CCNC(=O)[C@@H](CC)N(Cc1ccc(Cl)cc1)C(=O)CCCN(c1ccc(OC)cc1)S(C)(=O)=O. The Bertz CT molecular complexity index is 1080. The van der Waals surface area contributed by atoms with Crippen molar-refractivity contribution in [2.75, 3.05) is 30.8 Å². The molecule has 0 radical (unpaired) electrons. The van der Waals surface area contributed by atoms with Gasteiger partial charge in [0.05, 0.1) is 19.1 Å². The van der Waals surface area contributed by atoms with Crippen molar-refractivity contribution < 1.29 is 22.7 Å². The Morgan fingerprint density at radius 2 is 1.69 bits per heavy atom. The molecular weight excluding hydrogens is 490 g/mol. The van der Waals surface area contributed by atoms with Crippen molar-refractivity contribution in [1.29, 1.82) is 0 Å². The lowest BCUT2D eigenvalue weighted by molar-refractivity contribution is -0.141. The summed E-state index contributed by atoms with van der Waals surface area (Å²) in [5.74, 6) is 0.181. The summed E-state index contributed by atoms with van der Waals surface area (Å²) >= 11 is 5.99. The zero-order chi connectivity index (χ0) is 26.0. The molecule has 0 fully saturated rings. The Morgan fingerprint density at radius 1 is 1.06 bits per heavy atom. The number of nitrogens with zero attached hydrogens (tertiary/aromatic N) is 2. The Kier molecular flexibility index (Phi) is 10.9. The molecule has 1 N–H and O–H groups in total. The van der Waals surface area contributed by atoms with Crippen LogP contribution in [-0.2, 0) is 26.2 Å². The molecule has 35 heavy (non-hydrogen) atoms. The molecule has 0 aliphatic rings. The quantitative estimate of drug-likeness (QED) is 0.430. The fraction of sp³-hybridized carbons (Fsp3) is 0.440. The van der Waals surface area contributed by atoms with Crippen LogP contribution in [0.2, 0.25) is 5.02 Å². The highest BCUT2D eigenvalue weighted by atomic mass is 35.5. The van der Waals surface area contributed by atoms with E-state index in [0.29, 0.717) is 35.8 Å². The summed E-state index contributed by atoms with van der Waals surface area (Å²) in [5, 5.41) is 3.39. The van der Waals surface area contributed by atoms with Crippen LogP contribution in [0, 0.1) is 0 Å². The van der Waals surface area contributed by atoms with Gasteiger partial charge >= 0.3 is 0 Å². The topological polar surface area (TPSA) is 96.0 Å². The number of carbonyl (C=O) groups is 2. The zero-order valence-electron chi connectivity index (χ0n) is 20.7. The minimum absolute atomic E-state index is 0.0890. The molecule has 0 saturated heterocycles. The Morgan fingerprint density at radius 3 is 2.20 bits per heavy atom. The molecule has 1 atom stereocenters. The summed E-state index contributed by atoms with van der Waals surface area (Å²) in [6.45, 7) is 4.53. The Labute approximate surface area is 213 Å². The number of benzene rings is 2. The molecule has 0 aliphatic carbocycles. The van der Waals surface area contributed by atoms with Crippen LogP contribution < -0.4 is 14.4 Å². The van der Waals surface area contributed by atoms with Crippen molar-refractivity contribution in [1.82, 2.24) is 10.2 Å². The molecule has 2 aromatic rings. The van der Waals surface area contributed by atoms with Gasteiger partial charge in [-0.05, 0) is 61.7 Å². The number of nitrogens with one attached hydrogen (secondary N) is 1. The van der Waals surface area contributed by atoms with E-state index in [1.54, 1.807) is 41.3 Å². The summed E-state index contributed by atoms with van der Waals surface area (Å²) < 4.78 is 31.2. The van der Waals surface area contributed by atoms with Crippen LogP contribution in [0.1, 0.15) is 38.7 Å². The number of carbonyl (C=O) groups excluding carboxylic acids is 2. The molecule has 2 aromatic carbocycles. The van der Waals surface area contributed by atoms with E-state index >= 15 is 0 Å². The van der Waals surface area contributed by atoms with Gasteiger partial charge in [-0.15, -0.1) is 0 Å². The third-order valence-electron chi connectivity index (χ3n) is 5.52. The van der Waals surface area contributed by atoms with Crippen molar-refractivity contribution in [2.24, 2.45) is 0 Å². The highest BCUT2D eigenvalue weighted by Gasteiger charge is 2.28. The van der Waals surface area contributed by atoms with Crippen molar-refractivity contribution in [2.45, 2.75) is 45.7 Å². The predicted octanol–water partition coefficient (Wildman–Crippen LogP) is 3.84. The predicted molar refractivity (Wildman–Crippen MR) is 139 cm³/mol. The second-order valence-electron chi connectivity index (χ2n) is 8.10. The van der Waals surface area contributed by atoms with Crippen molar-refractivity contribution in [3.05, 3.63) is 59.1 Å². The van der Waals surface area contributed by atoms with Gasteiger partial charge in [0.25, 0.3) is 0 Å². The standard InChI is InChI=1S/C25H34ClN3O5S/c1-5-23(25(31)27-6-2)28(18-19-9-11-20(26)12-10-19)24(30)8-7-17-29(35(4,32)33)21-13-15-22(34-3)16-14-21/h9-16,23H,5-8,17-18H2,1-4H3,(H,27,31)/t23-/m1/s1. The fourth-order valence-corrected chi connectivity index (χ4v) is 4.84. The van der Waals surface area contributed by atoms with E-state index in [1.165, 1.54) is 11.4 Å². The van der Waals surface area contributed by atoms with Gasteiger partial charge in [-0.2, -0.15) is 0 Å². The second-order valence-corrected chi connectivity index (χ2v) is 10.4. The lowest BCUT2D eigenvalue weighted by Crippen LogP contribution is -2.49.